The molecule has 0 aliphatic heterocycles. The Bertz CT molecular complexity index is 667. The van der Waals surface area contributed by atoms with Crippen molar-refractivity contribution in [3.05, 3.63) is 64.4 Å². The fraction of sp³-hybridized carbons (Fsp3) is 0.125. The number of ether oxygens (including phenoxy) is 1. The van der Waals surface area contributed by atoms with Crippen LogP contribution >= 0.6 is 11.6 Å². The number of carbonyl (C=O) groups excluding carboxylic acids is 1. The average molecular weight is 321 g/mol. The maximum Gasteiger partial charge on any atom is 0.244 e. The Morgan fingerprint density at radius 1 is 1.32 bits per heavy atom. The van der Waals surface area contributed by atoms with Gasteiger partial charge in [0, 0.05) is 5.56 Å². The maximum absolute atomic E-state index is 13.5. The van der Waals surface area contributed by atoms with Gasteiger partial charge in [-0.2, -0.15) is 5.10 Å². The largest absolute Gasteiger partial charge is 0.497 e. The maximum atomic E-state index is 13.5. The van der Waals surface area contributed by atoms with Crippen molar-refractivity contribution < 1.29 is 13.9 Å². The van der Waals surface area contributed by atoms with Crippen molar-refractivity contribution in [2.45, 2.75) is 6.42 Å². The van der Waals surface area contributed by atoms with Crippen molar-refractivity contribution in [2.75, 3.05) is 7.11 Å². The Labute approximate surface area is 132 Å². The number of nitrogens with zero attached hydrogens (tertiary/aromatic N) is 1. The van der Waals surface area contributed by atoms with Crippen LogP contribution in [0.4, 0.5) is 4.39 Å². The van der Waals surface area contributed by atoms with Gasteiger partial charge in [0.05, 0.1) is 24.8 Å². The van der Waals surface area contributed by atoms with Crippen LogP contribution in [0, 0.1) is 5.82 Å². The summed E-state index contributed by atoms with van der Waals surface area (Å²) < 4.78 is 18.5. The molecule has 6 heteroatoms. The SMILES string of the molecule is COc1ccc(CC(=O)NN=Cc2c(F)cccc2Cl)cc1. The van der Waals surface area contributed by atoms with Crippen molar-refractivity contribution in [2.24, 2.45) is 5.10 Å². The molecule has 0 saturated carbocycles. The van der Waals surface area contributed by atoms with Crippen molar-refractivity contribution >= 4 is 23.7 Å². The lowest BCUT2D eigenvalue weighted by molar-refractivity contribution is -0.120. The van der Waals surface area contributed by atoms with Crippen LogP contribution in [0.3, 0.4) is 0 Å². The fourth-order valence-electron chi connectivity index (χ4n) is 1.77. The smallest absolute Gasteiger partial charge is 0.244 e. The Morgan fingerprint density at radius 2 is 2.05 bits per heavy atom. The highest BCUT2D eigenvalue weighted by molar-refractivity contribution is 6.33. The Morgan fingerprint density at radius 3 is 2.68 bits per heavy atom. The van der Waals surface area contributed by atoms with Crippen molar-refractivity contribution in [3.8, 4) is 5.75 Å². The summed E-state index contributed by atoms with van der Waals surface area (Å²) in [6.07, 6.45) is 1.34. The van der Waals surface area contributed by atoms with Crippen LogP contribution in [-0.4, -0.2) is 19.2 Å². The molecule has 22 heavy (non-hydrogen) atoms. The van der Waals surface area contributed by atoms with Crippen LogP contribution in [0.15, 0.2) is 47.6 Å². The van der Waals surface area contributed by atoms with Crippen LogP contribution in [0.25, 0.3) is 0 Å². The van der Waals surface area contributed by atoms with Gasteiger partial charge in [-0.1, -0.05) is 29.8 Å². The van der Waals surface area contributed by atoms with Crippen LogP contribution in [-0.2, 0) is 11.2 Å². The van der Waals surface area contributed by atoms with Gasteiger partial charge in [-0.25, -0.2) is 9.82 Å². The first-order valence-electron chi connectivity index (χ1n) is 6.49. The number of hydrogen-bond donors (Lipinski definition) is 1. The van der Waals surface area contributed by atoms with Gasteiger partial charge in [0.15, 0.2) is 0 Å². The molecular formula is C16H14ClFN2O2. The minimum absolute atomic E-state index is 0.133. The molecule has 1 amide bonds. The van der Waals surface area contributed by atoms with Crippen molar-refractivity contribution in [1.82, 2.24) is 5.43 Å². The molecule has 0 atom stereocenters. The number of halogens is 2. The molecule has 0 aliphatic rings. The predicted octanol–water partition coefficient (Wildman–Crippen LogP) is 3.18. The first-order chi connectivity index (χ1) is 10.6. The second-order valence-corrected chi connectivity index (χ2v) is 4.86. The van der Waals surface area contributed by atoms with E-state index < -0.39 is 5.82 Å². The van der Waals surface area contributed by atoms with Gasteiger partial charge >= 0.3 is 0 Å². The van der Waals surface area contributed by atoms with E-state index in [1.807, 2.05) is 0 Å². The second kappa shape index (κ2) is 7.56. The first-order valence-corrected chi connectivity index (χ1v) is 6.87. The molecular weight excluding hydrogens is 307 g/mol. The van der Waals surface area contributed by atoms with Gasteiger partial charge in [0.2, 0.25) is 5.91 Å². The lowest BCUT2D eigenvalue weighted by atomic mass is 10.1. The number of nitrogens with one attached hydrogen (secondary N) is 1. The number of hydrazone groups is 1. The highest BCUT2D eigenvalue weighted by Gasteiger charge is 2.05. The molecule has 2 aromatic carbocycles. The van der Waals surface area contributed by atoms with Crippen molar-refractivity contribution in [1.29, 1.82) is 0 Å². The number of carbonyl (C=O) groups is 1. The van der Waals surface area contributed by atoms with Crippen LogP contribution in [0.5, 0.6) is 5.75 Å². The van der Waals surface area contributed by atoms with E-state index in [4.69, 9.17) is 16.3 Å². The van der Waals surface area contributed by atoms with Crippen LogP contribution in [0.1, 0.15) is 11.1 Å². The molecule has 114 valence electrons. The number of methoxy groups -OCH3 is 1. The summed E-state index contributed by atoms with van der Waals surface area (Å²) in [7, 11) is 1.57. The molecule has 4 nitrogen and oxygen atoms in total. The summed E-state index contributed by atoms with van der Waals surface area (Å²) >= 11 is 5.85. The van der Waals surface area contributed by atoms with Crippen LogP contribution in [0.2, 0.25) is 5.02 Å². The minimum Gasteiger partial charge on any atom is -0.497 e. The molecule has 0 unspecified atom stereocenters. The summed E-state index contributed by atoms with van der Waals surface area (Å²) in [5.41, 5.74) is 3.29. The van der Waals surface area contributed by atoms with Gasteiger partial charge in [-0.15, -0.1) is 0 Å². The Hall–Kier alpha value is -2.40. The van der Waals surface area contributed by atoms with Gasteiger partial charge < -0.3 is 4.74 Å². The Balaban J connectivity index is 1.93. The van der Waals surface area contributed by atoms with Crippen LogP contribution < -0.4 is 10.2 Å². The van der Waals surface area contributed by atoms with E-state index in [1.165, 1.54) is 18.3 Å². The van der Waals surface area contributed by atoms with E-state index in [1.54, 1.807) is 37.4 Å². The second-order valence-electron chi connectivity index (χ2n) is 4.45. The van der Waals surface area contributed by atoms with Gasteiger partial charge in [0.25, 0.3) is 0 Å². The molecule has 1 N–H and O–H groups in total. The van der Waals surface area contributed by atoms with E-state index in [9.17, 15) is 9.18 Å². The third-order valence-corrected chi connectivity index (χ3v) is 3.24. The zero-order chi connectivity index (χ0) is 15.9. The lowest BCUT2D eigenvalue weighted by Gasteiger charge is -2.03. The van der Waals surface area contributed by atoms with Gasteiger partial charge in [-0.3, -0.25) is 4.79 Å². The van der Waals surface area contributed by atoms with E-state index >= 15 is 0 Å². The zero-order valence-corrected chi connectivity index (χ0v) is 12.6. The monoisotopic (exact) mass is 320 g/mol. The molecule has 0 saturated heterocycles. The molecule has 0 aromatic heterocycles. The molecule has 0 fully saturated rings. The molecule has 2 rings (SSSR count). The van der Waals surface area contributed by atoms with E-state index in [0.29, 0.717) is 0 Å². The van der Waals surface area contributed by atoms with Crippen molar-refractivity contribution in [3.63, 3.8) is 0 Å². The number of hydrogen-bond acceptors (Lipinski definition) is 3. The normalized spacial score (nSPS) is 10.7. The summed E-state index contributed by atoms with van der Waals surface area (Å²) in [5.74, 6) is -0.0918. The molecule has 0 bridgehead atoms. The molecule has 0 aliphatic carbocycles. The van der Waals surface area contributed by atoms with E-state index in [2.05, 4.69) is 10.5 Å². The summed E-state index contributed by atoms with van der Waals surface area (Å²) in [5, 5.41) is 3.95. The zero-order valence-electron chi connectivity index (χ0n) is 11.8. The highest BCUT2D eigenvalue weighted by atomic mass is 35.5. The highest BCUT2D eigenvalue weighted by Crippen LogP contribution is 2.16. The summed E-state index contributed by atoms with van der Waals surface area (Å²) in [4.78, 5) is 11.7. The molecule has 0 heterocycles. The quantitative estimate of drug-likeness (QED) is 0.679. The predicted molar refractivity (Wildman–Crippen MR) is 83.8 cm³/mol. The topological polar surface area (TPSA) is 50.7 Å². The summed E-state index contributed by atoms with van der Waals surface area (Å²) in [6, 6.07) is 11.4. The molecule has 0 radical (unpaired) electrons. The molecule has 0 spiro atoms. The Kier molecular flexibility index (Phi) is 5.49. The third-order valence-electron chi connectivity index (χ3n) is 2.91. The van der Waals surface area contributed by atoms with E-state index in [0.717, 1.165) is 11.3 Å². The fourth-order valence-corrected chi connectivity index (χ4v) is 1.98. The number of rotatable bonds is 5. The lowest BCUT2D eigenvalue weighted by Crippen LogP contribution is -2.19. The summed E-state index contributed by atoms with van der Waals surface area (Å²) in [6.45, 7) is 0. The third kappa shape index (κ3) is 4.30. The van der Waals surface area contributed by atoms with Gasteiger partial charge in [0.1, 0.15) is 11.6 Å². The number of benzene rings is 2. The van der Waals surface area contributed by atoms with Gasteiger partial charge in [-0.05, 0) is 29.8 Å². The average Bonchev–Trinajstić information content (AvgIpc) is 2.51. The standard InChI is InChI=1S/C16H14ClFN2O2/c1-22-12-7-5-11(6-8-12)9-16(21)20-19-10-13-14(17)3-2-4-15(13)18/h2-8,10H,9H2,1H3,(H,20,21). The number of amides is 1. The minimum atomic E-state index is -0.499. The first kappa shape index (κ1) is 16.0. The molecule has 2 aromatic rings. The van der Waals surface area contributed by atoms with E-state index in [-0.39, 0.29) is 22.9 Å².